The van der Waals surface area contributed by atoms with Gasteiger partial charge >= 0.3 is 0 Å². The van der Waals surface area contributed by atoms with Crippen LogP contribution in [-0.4, -0.2) is 15.9 Å². The van der Waals surface area contributed by atoms with Crippen LogP contribution in [0.2, 0.25) is 0 Å². The first-order valence-corrected chi connectivity index (χ1v) is 6.99. The summed E-state index contributed by atoms with van der Waals surface area (Å²) in [6.07, 6.45) is 3.10. The van der Waals surface area contributed by atoms with E-state index in [2.05, 4.69) is 15.3 Å². The van der Waals surface area contributed by atoms with E-state index in [1.807, 2.05) is 55.5 Å². The van der Waals surface area contributed by atoms with E-state index in [1.54, 1.807) is 18.5 Å². The minimum Gasteiger partial charge on any atom is -0.319 e. The molecule has 4 nitrogen and oxygen atoms in total. The summed E-state index contributed by atoms with van der Waals surface area (Å²) in [4.78, 5) is 20.1. The molecule has 0 spiro atoms. The predicted octanol–water partition coefficient (Wildman–Crippen LogP) is 3.70. The van der Waals surface area contributed by atoms with Gasteiger partial charge in [-0.1, -0.05) is 42.5 Å². The molecular formula is C18H15N3O. The number of carbonyl (C=O) groups is 1. The molecule has 0 fully saturated rings. The molecule has 4 heteroatoms. The molecule has 0 atom stereocenters. The zero-order valence-corrected chi connectivity index (χ0v) is 12.2. The van der Waals surface area contributed by atoms with E-state index in [1.165, 1.54) is 0 Å². The second-order valence-electron chi connectivity index (χ2n) is 4.87. The highest BCUT2D eigenvalue weighted by atomic mass is 16.2. The highest BCUT2D eigenvalue weighted by Crippen LogP contribution is 2.28. The van der Waals surface area contributed by atoms with Crippen molar-refractivity contribution < 1.29 is 4.79 Å². The summed E-state index contributed by atoms with van der Waals surface area (Å²) in [5, 5.41) is 2.87. The molecule has 0 aliphatic rings. The van der Waals surface area contributed by atoms with Crippen LogP contribution in [0.4, 0.5) is 5.69 Å². The standard InChI is InChI=1S/C18H15N3O/c1-13-15(14-7-3-2-4-8-14)9-5-10-16(13)21-18(22)17-19-11-6-12-20-17/h2-12H,1H3,(H,21,22). The van der Waals surface area contributed by atoms with E-state index in [0.29, 0.717) is 0 Å². The molecule has 3 rings (SSSR count). The Labute approximate surface area is 128 Å². The highest BCUT2D eigenvalue weighted by molar-refractivity contribution is 6.02. The zero-order chi connectivity index (χ0) is 15.4. The van der Waals surface area contributed by atoms with E-state index < -0.39 is 0 Å². The Hall–Kier alpha value is -3.01. The van der Waals surface area contributed by atoms with Gasteiger partial charge in [-0.15, -0.1) is 0 Å². The van der Waals surface area contributed by atoms with Crippen molar-refractivity contribution in [3.63, 3.8) is 0 Å². The Kier molecular flexibility index (Phi) is 3.92. The fraction of sp³-hybridized carbons (Fsp3) is 0.0556. The van der Waals surface area contributed by atoms with Gasteiger partial charge in [0.25, 0.3) is 5.91 Å². The molecule has 0 radical (unpaired) electrons. The third-order valence-corrected chi connectivity index (χ3v) is 3.44. The van der Waals surface area contributed by atoms with Gasteiger partial charge in [0.05, 0.1) is 0 Å². The van der Waals surface area contributed by atoms with Crippen LogP contribution in [0.25, 0.3) is 11.1 Å². The summed E-state index contributed by atoms with van der Waals surface area (Å²) in [6, 6.07) is 17.6. The van der Waals surface area contributed by atoms with E-state index in [4.69, 9.17) is 0 Å². The number of aromatic nitrogens is 2. The summed E-state index contributed by atoms with van der Waals surface area (Å²) in [7, 11) is 0. The summed E-state index contributed by atoms with van der Waals surface area (Å²) in [5.74, 6) is -0.152. The van der Waals surface area contributed by atoms with Crippen LogP contribution < -0.4 is 5.32 Å². The average Bonchev–Trinajstić information content (AvgIpc) is 2.58. The molecule has 0 unspecified atom stereocenters. The van der Waals surface area contributed by atoms with Crippen LogP contribution in [0.3, 0.4) is 0 Å². The van der Waals surface area contributed by atoms with Gasteiger partial charge in [-0.2, -0.15) is 0 Å². The van der Waals surface area contributed by atoms with Gasteiger partial charge in [0.2, 0.25) is 5.82 Å². The summed E-state index contributed by atoms with van der Waals surface area (Å²) >= 11 is 0. The lowest BCUT2D eigenvalue weighted by molar-refractivity contribution is 0.101. The molecule has 0 bridgehead atoms. The Morgan fingerprint density at radius 2 is 1.64 bits per heavy atom. The first-order chi connectivity index (χ1) is 10.8. The van der Waals surface area contributed by atoms with Crippen LogP contribution in [0.5, 0.6) is 0 Å². The van der Waals surface area contributed by atoms with E-state index in [0.717, 1.165) is 22.4 Å². The summed E-state index contributed by atoms with van der Waals surface area (Å²) in [5.41, 5.74) is 3.98. The van der Waals surface area contributed by atoms with Crippen LogP contribution >= 0.6 is 0 Å². The minimum atomic E-state index is -0.311. The maximum atomic E-state index is 12.2. The fourth-order valence-electron chi connectivity index (χ4n) is 2.30. The lowest BCUT2D eigenvalue weighted by Gasteiger charge is -2.12. The van der Waals surface area contributed by atoms with Crippen molar-refractivity contribution in [2.24, 2.45) is 0 Å². The fourth-order valence-corrected chi connectivity index (χ4v) is 2.30. The topological polar surface area (TPSA) is 54.9 Å². The molecule has 2 aromatic carbocycles. The number of anilines is 1. The molecule has 3 aromatic rings. The number of rotatable bonds is 3. The smallest absolute Gasteiger partial charge is 0.293 e. The van der Waals surface area contributed by atoms with Crippen molar-refractivity contribution in [1.82, 2.24) is 9.97 Å². The molecule has 0 aliphatic heterocycles. The first kappa shape index (κ1) is 13.9. The lowest BCUT2D eigenvalue weighted by atomic mass is 9.99. The Morgan fingerprint density at radius 3 is 2.36 bits per heavy atom. The SMILES string of the molecule is Cc1c(NC(=O)c2ncccn2)cccc1-c1ccccc1. The molecule has 0 saturated carbocycles. The van der Waals surface area contributed by atoms with E-state index >= 15 is 0 Å². The number of amides is 1. The number of hydrogen-bond acceptors (Lipinski definition) is 3. The molecule has 1 N–H and O–H groups in total. The van der Waals surface area contributed by atoms with Gasteiger partial charge < -0.3 is 5.32 Å². The third-order valence-electron chi connectivity index (χ3n) is 3.44. The molecule has 0 aliphatic carbocycles. The number of carbonyl (C=O) groups excluding carboxylic acids is 1. The number of nitrogens with one attached hydrogen (secondary N) is 1. The minimum absolute atomic E-state index is 0.159. The predicted molar refractivity (Wildman–Crippen MR) is 86.6 cm³/mol. The number of nitrogens with zero attached hydrogens (tertiary/aromatic N) is 2. The average molecular weight is 289 g/mol. The summed E-state index contributed by atoms with van der Waals surface area (Å²) in [6.45, 7) is 1.99. The zero-order valence-electron chi connectivity index (χ0n) is 12.2. The van der Waals surface area contributed by atoms with Crippen molar-refractivity contribution in [3.8, 4) is 11.1 Å². The monoisotopic (exact) mass is 289 g/mol. The molecule has 108 valence electrons. The third kappa shape index (κ3) is 2.86. The number of benzene rings is 2. The molecule has 1 heterocycles. The first-order valence-electron chi connectivity index (χ1n) is 6.99. The van der Waals surface area contributed by atoms with Crippen molar-refractivity contribution in [1.29, 1.82) is 0 Å². The van der Waals surface area contributed by atoms with Gasteiger partial charge in [0, 0.05) is 18.1 Å². The Balaban J connectivity index is 1.91. The molecular weight excluding hydrogens is 274 g/mol. The van der Waals surface area contributed by atoms with Crippen LogP contribution in [0, 0.1) is 6.92 Å². The van der Waals surface area contributed by atoms with Crippen LogP contribution in [0.1, 0.15) is 16.2 Å². The largest absolute Gasteiger partial charge is 0.319 e. The van der Waals surface area contributed by atoms with Gasteiger partial charge in [-0.25, -0.2) is 9.97 Å². The Bertz CT molecular complexity index is 786. The van der Waals surface area contributed by atoms with Crippen LogP contribution in [-0.2, 0) is 0 Å². The van der Waals surface area contributed by atoms with Gasteiger partial charge in [0.15, 0.2) is 0 Å². The highest BCUT2D eigenvalue weighted by Gasteiger charge is 2.12. The lowest BCUT2D eigenvalue weighted by Crippen LogP contribution is -2.16. The second kappa shape index (κ2) is 6.18. The molecule has 22 heavy (non-hydrogen) atoms. The molecule has 0 saturated heterocycles. The van der Waals surface area contributed by atoms with Crippen molar-refractivity contribution >= 4 is 11.6 Å². The quantitative estimate of drug-likeness (QED) is 0.799. The van der Waals surface area contributed by atoms with E-state index in [-0.39, 0.29) is 11.7 Å². The maximum Gasteiger partial charge on any atom is 0.293 e. The van der Waals surface area contributed by atoms with E-state index in [9.17, 15) is 4.79 Å². The van der Waals surface area contributed by atoms with Crippen LogP contribution in [0.15, 0.2) is 67.0 Å². The van der Waals surface area contributed by atoms with Crippen molar-refractivity contribution in [2.75, 3.05) is 5.32 Å². The van der Waals surface area contributed by atoms with Gasteiger partial charge in [0.1, 0.15) is 0 Å². The molecule has 1 amide bonds. The molecule has 1 aromatic heterocycles. The maximum absolute atomic E-state index is 12.2. The normalized spacial score (nSPS) is 10.2. The second-order valence-corrected chi connectivity index (χ2v) is 4.87. The van der Waals surface area contributed by atoms with Crippen molar-refractivity contribution in [3.05, 3.63) is 78.4 Å². The van der Waals surface area contributed by atoms with Gasteiger partial charge in [-0.05, 0) is 35.7 Å². The Morgan fingerprint density at radius 1 is 0.909 bits per heavy atom. The number of hydrogen-bond donors (Lipinski definition) is 1. The summed E-state index contributed by atoms with van der Waals surface area (Å²) < 4.78 is 0. The van der Waals surface area contributed by atoms with Gasteiger partial charge in [-0.3, -0.25) is 4.79 Å². The van der Waals surface area contributed by atoms with Crippen molar-refractivity contribution in [2.45, 2.75) is 6.92 Å².